The molecule has 0 atom stereocenters. The molecule has 2 aromatic carbocycles. The average molecular weight is 329 g/mol. The molecule has 0 radical (unpaired) electrons. The highest BCUT2D eigenvalue weighted by Gasteiger charge is 2.08. The number of allylic oxidation sites excluding steroid dienone is 5. The van der Waals surface area contributed by atoms with Crippen LogP contribution in [0.5, 0.6) is 0 Å². The lowest BCUT2D eigenvalue weighted by atomic mass is 9.93. The van der Waals surface area contributed by atoms with E-state index < -0.39 is 0 Å². The number of hydrogen-bond acceptors (Lipinski definition) is 1. The lowest BCUT2D eigenvalue weighted by molar-refractivity contribution is 0.618. The van der Waals surface area contributed by atoms with Crippen molar-refractivity contribution >= 4 is 22.0 Å². The monoisotopic (exact) mass is 329 g/mol. The summed E-state index contributed by atoms with van der Waals surface area (Å²) in [7, 11) is 0. The predicted molar refractivity (Wildman–Crippen MR) is 105 cm³/mol. The van der Waals surface area contributed by atoms with Crippen molar-refractivity contribution in [2.45, 2.75) is 13.8 Å². The standard InChI is InChI=1S/C23H20FN/c1-4-5-8-21(17(3)18-9-11-22(24)16(2)14-18)19-10-12-23-20(15-19)7-6-13-25-23/h4-15H,1H2,2-3H3/b8-5-,21-17-. The van der Waals surface area contributed by atoms with Crippen molar-refractivity contribution < 1.29 is 4.39 Å². The number of hydrogen-bond donors (Lipinski definition) is 0. The van der Waals surface area contributed by atoms with Gasteiger partial charge >= 0.3 is 0 Å². The predicted octanol–water partition coefficient (Wildman–Crippen LogP) is 6.36. The number of halogens is 1. The van der Waals surface area contributed by atoms with E-state index in [9.17, 15) is 4.39 Å². The van der Waals surface area contributed by atoms with Crippen molar-refractivity contribution in [3.8, 4) is 0 Å². The van der Waals surface area contributed by atoms with Crippen LogP contribution in [0.25, 0.3) is 22.0 Å². The van der Waals surface area contributed by atoms with E-state index >= 15 is 0 Å². The Morgan fingerprint density at radius 3 is 2.64 bits per heavy atom. The zero-order valence-electron chi connectivity index (χ0n) is 14.5. The van der Waals surface area contributed by atoms with Gasteiger partial charge in [-0.3, -0.25) is 4.98 Å². The van der Waals surface area contributed by atoms with Crippen LogP contribution in [0.3, 0.4) is 0 Å². The van der Waals surface area contributed by atoms with E-state index in [0.29, 0.717) is 5.56 Å². The minimum atomic E-state index is -0.184. The quantitative estimate of drug-likeness (QED) is 0.401. The van der Waals surface area contributed by atoms with Gasteiger partial charge in [-0.25, -0.2) is 4.39 Å². The first-order valence-electron chi connectivity index (χ1n) is 8.22. The molecular weight excluding hydrogens is 309 g/mol. The summed E-state index contributed by atoms with van der Waals surface area (Å²) in [5.74, 6) is -0.184. The first-order chi connectivity index (χ1) is 12.1. The zero-order chi connectivity index (χ0) is 17.8. The summed E-state index contributed by atoms with van der Waals surface area (Å²) in [5.41, 5.74) is 5.88. The highest BCUT2D eigenvalue weighted by Crippen LogP contribution is 2.30. The number of rotatable bonds is 4. The third-order valence-electron chi connectivity index (χ3n) is 4.31. The second-order valence-electron chi connectivity index (χ2n) is 6.01. The highest BCUT2D eigenvalue weighted by molar-refractivity contribution is 5.97. The molecule has 0 bridgehead atoms. The largest absolute Gasteiger partial charge is 0.256 e. The number of benzene rings is 2. The molecule has 0 N–H and O–H groups in total. The first-order valence-corrected chi connectivity index (χ1v) is 8.22. The molecule has 25 heavy (non-hydrogen) atoms. The van der Waals surface area contributed by atoms with E-state index in [2.05, 4.69) is 36.7 Å². The van der Waals surface area contributed by atoms with Gasteiger partial charge in [-0.15, -0.1) is 0 Å². The lowest BCUT2D eigenvalue weighted by Gasteiger charge is -2.12. The highest BCUT2D eigenvalue weighted by atomic mass is 19.1. The molecule has 0 fully saturated rings. The molecule has 0 aliphatic carbocycles. The number of aromatic nitrogens is 1. The molecule has 1 heterocycles. The van der Waals surface area contributed by atoms with Gasteiger partial charge in [0.2, 0.25) is 0 Å². The van der Waals surface area contributed by atoms with E-state index in [1.165, 1.54) is 6.07 Å². The Balaban J connectivity index is 2.19. The Bertz CT molecular complexity index is 996. The van der Waals surface area contributed by atoms with Crippen LogP contribution < -0.4 is 0 Å². The minimum absolute atomic E-state index is 0.184. The Morgan fingerprint density at radius 1 is 1.08 bits per heavy atom. The Kier molecular flexibility index (Phi) is 4.90. The minimum Gasteiger partial charge on any atom is -0.256 e. The molecule has 2 heteroatoms. The van der Waals surface area contributed by atoms with Gasteiger partial charge < -0.3 is 0 Å². The topological polar surface area (TPSA) is 12.9 Å². The fourth-order valence-electron chi connectivity index (χ4n) is 2.88. The van der Waals surface area contributed by atoms with E-state index in [-0.39, 0.29) is 5.82 Å². The fourth-order valence-corrected chi connectivity index (χ4v) is 2.88. The van der Waals surface area contributed by atoms with Gasteiger partial charge in [0, 0.05) is 11.6 Å². The molecule has 0 unspecified atom stereocenters. The van der Waals surface area contributed by atoms with E-state index in [0.717, 1.165) is 33.2 Å². The molecule has 3 aromatic rings. The molecule has 0 saturated heterocycles. The Labute approximate surface area is 147 Å². The third-order valence-corrected chi connectivity index (χ3v) is 4.31. The van der Waals surface area contributed by atoms with E-state index in [1.54, 1.807) is 19.2 Å². The van der Waals surface area contributed by atoms with Crippen LogP contribution in [-0.4, -0.2) is 4.98 Å². The van der Waals surface area contributed by atoms with Crippen LogP contribution in [0.2, 0.25) is 0 Å². The molecule has 1 aromatic heterocycles. The molecule has 0 aliphatic heterocycles. The molecule has 0 saturated carbocycles. The number of pyridine rings is 1. The smallest absolute Gasteiger partial charge is 0.126 e. The number of nitrogens with zero attached hydrogens (tertiary/aromatic N) is 1. The van der Waals surface area contributed by atoms with Crippen LogP contribution in [0.1, 0.15) is 23.6 Å². The molecule has 0 spiro atoms. The fraction of sp³-hybridized carbons (Fsp3) is 0.0870. The Morgan fingerprint density at radius 2 is 1.88 bits per heavy atom. The van der Waals surface area contributed by atoms with Gasteiger partial charge in [0.15, 0.2) is 0 Å². The van der Waals surface area contributed by atoms with Crippen molar-refractivity contribution in [1.29, 1.82) is 0 Å². The van der Waals surface area contributed by atoms with Crippen LogP contribution in [-0.2, 0) is 0 Å². The summed E-state index contributed by atoms with van der Waals surface area (Å²) in [5, 5.41) is 1.09. The average Bonchev–Trinajstić information content (AvgIpc) is 2.64. The van der Waals surface area contributed by atoms with Gasteiger partial charge in [-0.05, 0) is 72.0 Å². The van der Waals surface area contributed by atoms with Gasteiger partial charge in [0.1, 0.15) is 5.82 Å². The third kappa shape index (κ3) is 3.58. The first kappa shape index (κ1) is 16.8. The SMILES string of the molecule is C=C/C=C\C(=C(/C)c1ccc(F)c(C)c1)c1ccc2ncccc2c1. The second kappa shape index (κ2) is 7.27. The van der Waals surface area contributed by atoms with E-state index in [1.807, 2.05) is 36.4 Å². The van der Waals surface area contributed by atoms with Crippen LogP contribution >= 0.6 is 0 Å². The summed E-state index contributed by atoms with van der Waals surface area (Å²) in [6, 6.07) is 15.4. The zero-order valence-corrected chi connectivity index (χ0v) is 14.5. The maximum absolute atomic E-state index is 13.6. The molecule has 1 nitrogen and oxygen atoms in total. The molecule has 124 valence electrons. The maximum atomic E-state index is 13.6. The number of fused-ring (bicyclic) bond motifs is 1. The number of aryl methyl sites for hydroxylation is 1. The summed E-state index contributed by atoms with van der Waals surface area (Å²) < 4.78 is 13.6. The van der Waals surface area contributed by atoms with Crippen LogP contribution in [0.4, 0.5) is 4.39 Å². The van der Waals surface area contributed by atoms with Gasteiger partial charge in [-0.1, -0.05) is 43.0 Å². The molecule has 0 aliphatic rings. The lowest BCUT2D eigenvalue weighted by Crippen LogP contribution is -1.91. The van der Waals surface area contributed by atoms with Crippen molar-refractivity contribution in [1.82, 2.24) is 4.98 Å². The van der Waals surface area contributed by atoms with Crippen molar-refractivity contribution in [2.24, 2.45) is 0 Å². The second-order valence-corrected chi connectivity index (χ2v) is 6.01. The summed E-state index contributed by atoms with van der Waals surface area (Å²) in [4.78, 5) is 4.38. The molecule has 0 amide bonds. The van der Waals surface area contributed by atoms with Crippen molar-refractivity contribution in [3.63, 3.8) is 0 Å². The van der Waals surface area contributed by atoms with Gasteiger partial charge in [-0.2, -0.15) is 0 Å². The van der Waals surface area contributed by atoms with Crippen molar-refractivity contribution in [3.05, 3.63) is 102 Å². The molecular formula is C23H20FN. The Hall–Kier alpha value is -3.00. The maximum Gasteiger partial charge on any atom is 0.126 e. The normalized spacial score (nSPS) is 12.4. The van der Waals surface area contributed by atoms with E-state index in [4.69, 9.17) is 0 Å². The summed E-state index contributed by atoms with van der Waals surface area (Å²) in [6.07, 6.45) is 7.51. The van der Waals surface area contributed by atoms with Crippen LogP contribution in [0.15, 0.2) is 79.5 Å². The van der Waals surface area contributed by atoms with Crippen LogP contribution in [0, 0.1) is 12.7 Å². The van der Waals surface area contributed by atoms with Crippen molar-refractivity contribution in [2.75, 3.05) is 0 Å². The summed E-state index contributed by atoms with van der Waals surface area (Å²) >= 11 is 0. The molecule has 3 rings (SSSR count). The van der Waals surface area contributed by atoms with Gasteiger partial charge in [0.25, 0.3) is 0 Å². The summed E-state index contributed by atoms with van der Waals surface area (Å²) in [6.45, 7) is 7.61. The van der Waals surface area contributed by atoms with Gasteiger partial charge in [0.05, 0.1) is 5.52 Å².